The number of carbonyl (C=O) groups excluding carboxylic acids is 1. The van der Waals surface area contributed by atoms with E-state index in [0.29, 0.717) is 27.0 Å². The van der Waals surface area contributed by atoms with Gasteiger partial charge in [-0.3, -0.25) is 14.7 Å². The number of nitrogens with one attached hydrogen (secondary N) is 2. The van der Waals surface area contributed by atoms with Gasteiger partial charge in [0.25, 0.3) is 5.56 Å². The first-order chi connectivity index (χ1) is 17.3. The van der Waals surface area contributed by atoms with Gasteiger partial charge in [0, 0.05) is 21.7 Å². The molecule has 0 fully saturated rings. The van der Waals surface area contributed by atoms with Crippen LogP contribution in [0.2, 0.25) is 10.0 Å². The monoisotopic (exact) mass is 538 g/mol. The fourth-order valence-electron chi connectivity index (χ4n) is 3.86. The number of benzene rings is 3. The van der Waals surface area contributed by atoms with Gasteiger partial charge >= 0.3 is 6.03 Å². The van der Waals surface area contributed by atoms with Crippen LogP contribution in [0.15, 0.2) is 87.9 Å². The molecule has 0 spiro atoms. The molecule has 0 bridgehead atoms. The van der Waals surface area contributed by atoms with Crippen molar-refractivity contribution in [3.05, 3.63) is 109 Å². The van der Waals surface area contributed by atoms with Gasteiger partial charge in [-0.25, -0.2) is 4.79 Å². The second-order valence-electron chi connectivity index (χ2n) is 7.74. The summed E-state index contributed by atoms with van der Waals surface area (Å²) in [5.41, 5.74) is 0.842. The number of aromatic nitrogens is 2. The Morgan fingerprint density at radius 1 is 0.972 bits per heavy atom. The number of anilines is 1. The Balaban J connectivity index is 1.73. The van der Waals surface area contributed by atoms with Crippen molar-refractivity contribution in [3.8, 4) is 11.4 Å². The summed E-state index contributed by atoms with van der Waals surface area (Å²) >= 11 is 17.9. The fraction of sp³-hybridized carbons (Fsp3) is 0.0417. The summed E-state index contributed by atoms with van der Waals surface area (Å²) in [5.74, 6) is 0.0788. The predicted molar refractivity (Wildman–Crippen MR) is 139 cm³/mol. The minimum atomic E-state index is -1.04. The summed E-state index contributed by atoms with van der Waals surface area (Å²) in [6, 6.07) is 17.8. The number of phenols is 1. The highest BCUT2D eigenvalue weighted by atomic mass is 35.5. The molecule has 2 heterocycles. The second-order valence-corrected chi connectivity index (χ2v) is 8.97. The molecule has 0 saturated heterocycles. The maximum absolute atomic E-state index is 13.9. The first-order valence-electron chi connectivity index (χ1n) is 10.5. The van der Waals surface area contributed by atoms with Crippen molar-refractivity contribution >= 4 is 53.0 Å². The number of aromatic hydroxyl groups is 1. The number of aromatic amines is 1. The molecule has 1 aliphatic heterocycles. The van der Waals surface area contributed by atoms with E-state index >= 15 is 0 Å². The van der Waals surface area contributed by atoms with Gasteiger partial charge < -0.3 is 10.1 Å². The van der Waals surface area contributed by atoms with Crippen LogP contribution < -0.4 is 10.9 Å². The van der Waals surface area contributed by atoms with Crippen molar-refractivity contribution in [2.24, 2.45) is 10.3 Å². The van der Waals surface area contributed by atoms with Crippen LogP contribution >= 0.6 is 35.4 Å². The van der Waals surface area contributed by atoms with Crippen molar-refractivity contribution in [2.75, 3.05) is 5.32 Å². The zero-order chi connectivity index (χ0) is 25.4. The molecule has 36 heavy (non-hydrogen) atoms. The number of hydrogen-bond acceptors (Lipinski definition) is 6. The van der Waals surface area contributed by atoms with Crippen LogP contribution in [0, 0.1) is 4.77 Å². The summed E-state index contributed by atoms with van der Waals surface area (Å²) in [6.45, 7) is 0. The molecular formula is C24H16Cl2N6O3S. The Hall–Kier alpha value is -3.99. The average Bonchev–Trinajstić information content (AvgIpc) is 2.84. The Bertz CT molecular complexity index is 1630. The minimum absolute atomic E-state index is 0.0267. The molecule has 180 valence electrons. The molecule has 12 heteroatoms. The Morgan fingerprint density at radius 3 is 2.44 bits per heavy atom. The molecule has 1 aliphatic rings. The molecule has 9 nitrogen and oxygen atoms in total. The number of rotatable bonds is 4. The first kappa shape index (κ1) is 23.7. The van der Waals surface area contributed by atoms with Crippen LogP contribution in [0.5, 0.6) is 5.75 Å². The second kappa shape index (κ2) is 9.57. The van der Waals surface area contributed by atoms with Crippen LogP contribution in [0.1, 0.15) is 17.2 Å². The summed E-state index contributed by atoms with van der Waals surface area (Å²) in [5, 5.41) is 22.8. The van der Waals surface area contributed by atoms with Gasteiger partial charge in [-0.1, -0.05) is 52.7 Å². The van der Waals surface area contributed by atoms with Crippen LogP contribution in [-0.4, -0.2) is 25.7 Å². The van der Waals surface area contributed by atoms with Crippen molar-refractivity contribution in [2.45, 2.75) is 6.04 Å². The number of H-pyrrole nitrogens is 1. The number of carbonyl (C=O) groups is 1. The van der Waals surface area contributed by atoms with E-state index in [4.69, 9.17) is 35.4 Å². The third kappa shape index (κ3) is 4.37. The number of urea groups is 1. The van der Waals surface area contributed by atoms with Gasteiger partial charge in [-0.2, -0.15) is 5.01 Å². The van der Waals surface area contributed by atoms with Gasteiger partial charge in [0.15, 0.2) is 4.77 Å². The molecule has 0 saturated carbocycles. The minimum Gasteiger partial charge on any atom is -0.508 e. The van der Waals surface area contributed by atoms with Gasteiger partial charge in [0.2, 0.25) is 0 Å². The smallest absolute Gasteiger partial charge is 0.345 e. The lowest BCUT2D eigenvalue weighted by Gasteiger charge is -2.33. The van der Waals surface area contributed by atoms with E-state index < -0.39 is 17.6 Å². The highest BCUT2D eigenvalue weighted by Crippen LogP contribution is 2.38. The maximum atomic E-state index is 13.9. The van der Waals surface area contributed by atoms with Gasteiger partial charge in [0.05, 0.1) is 16.9 Å². The average molecular weight is 539 g/mol. The van der Waals surface area contributed by atoms with Gasteiger partial charge in [0.1, 0.15) is 17.6 Å². The maximum Gasteiger partial charge on any atom is 0.345 e. The molecule has 5 rings (SSSR count). The lowest BCUT2D eigenvalue weighted by molar-refractivity contribution is 0.192. The summed E-state index contributed by atoms with van der Waals surface area (Å²) < 4.78 is 1.25. The number of hydrogen-bond donors (Lipinski definition) is 3. The molecule has 3 N–H and O–H groups in total. The van der Waals surface area contributed by atoms with E-state index in [9.17, 15) is 14.7 Å². The van der Waals surface area contributed by atoms with E-state index in [1.54, 1.807) is 60.7 Å². The first-order valence-corrected chi connectivity index (χ1v) is 11.7. The molecule has 2 amide bonds. The summed E-state index contributed by atoms with van der Waals surface area (Å²) in [4.78, 5) is 30.0. The van der Waals surface area contributed by atoms with E-state index in [0.717, 1.165) is 5.01 Å². The van der Waals surface area contributed by atoms with Crippen LogP contribution in [-0.2, 0) is 0 Å². The highest BCUT2D eigenvalue weighted by molar-refractivity contribution is 7.71. The largest absolute Gasteiger partial charge is 0.508 e. The van der Waals surface area contributed by atoms with Crippen LogP contribution in [0.3, 0.4) is 0 Å². The van der Waals surface area contributed by atoms with E-state index in [1.165, 1.54) is 16.7 Å². The highest BCUT2D eigenvalue weighted by Gasteiger charge is 2.39. The third-order valence-electron chi connectivity index (χ3n) is 5.47. The van der Waals surface area contributed by atoms with E-state index in [2.05, 4.69) is 20.6 Å². The van der Waals surface area contributed by atoms with Crippen molar-refractivity contribution in [3.63, 3.8) is 0 Å². The molecule has 4 aromatic rings. The predicted octanol–water partition coefficient (Wildman–Crippen LogP) is 6.54. The molecule has 3 aromatic carbocycles. The third-order valence-corrected chi connectivity index (χ3v) is 6.35. The van der Waals surface area contributed by atoms with Gasteiger partial charge in [-0.15, -0.1) is 5.11 Å². The number of amides is 2. The topological polar surface area (TPSA) is 115 Å². The number of nitrogens with zero attached hydrogens (tertiary/aromatic N) is 4. The summed E-state index contributed by atoms with van der Waals surface area (Å²) in [6.07, 6.45) is 0. The van der Waals surface area contributed by atoms with E-state index in [1.807, 2.05) is 0 Å². The van der Waals surface area contributed by atoms with Crippen molar-refractivity contribution in [1.82, 2.24) is 14.6 Å². The quantitative estimate of drug-likeness (QED) is 0.202. The zero-order valence-corrected chi connectivity index (χ0v) is 20.6. The SMILES string of the molecule is O=C1Nc2[nH]c(=S)n(-c3cccc(O)c3)c(=O)c2C(c2ccccc2Cl)N1N=Nc1ccc(Cl)cc1. The molecule has 1 aromatic heterocycles. The normalized spacial score (nSPS) is 15.1. The van der Waals surface area contributed by atoms with Crippen molar-refractivity contribution < 1.29 is 9.90 Å². The lowest BCUT2D eigenvalue weighted by Crippen LogP contribution is -2.44. The Labute approximate surface area is 219 Å². The van der Waals surface area contributed by atoms with Crippen LogP contribution in [0.4, 0.5) is 16.3 Å². The Kier molecular flexibility index (Phi) is 6.31. The molecular weight excluding hydrogens is 523 g/mol. The van der Waals surface area contributed by atoms with E-state index in [-0.39, 0.29) is 21.9 Å². The van der Waals surface area contributed by atoms with Crippen molar-refractivity contribution in [1.29, 1.82) is 0 Å². The van der Waals surface area contributed by atoms with Crippen LogP contribution in [0.25, 0.3) is 5.69 Å². The summed E-state index contributed by atoms with van der Waals surface area (Å²) in [7, 11) is 0. The molecule has 0 radical (unpaired) electrons. The fourth-order valence-corrected chi connectivity index (χ4v) is 4.51. The standard InChI is InChI=1S/C24H16Cl2N6O3S/c25-13-8-10-14(11-9-13)29-30-32-20(17-6-1-2-7-18(17)26)19-21(27-23(32)35)28-24(36)31(22(19)34)15-4-3-5-16(33)12-15/h1-12,20,33H,(H,27,35)(H,28,36). The number of phenolic OH excluding ortho intramolecular Hbond substituents is 1. The number of halogens is 2. The molecule has 1 unspecified atom stereocenters. The van der Waals surface area contributed by atoms with Gasteiger partial charge in [-0.05, 0) is 54.7 Å². The molecule has 1 atom stereocenters. The lowest BCUT2D eigenvalue weighted by atomic mass is 9.98. The number of fused-ring (bicyclic) bond motifs is 1. The Morgan fingerprint density at radius 2 is 1.72 bits per heavy atom. The zero-order valence-electron chi connectivity index (χ0n) is 18.2. The molecule has 0 aliphatic carbocycles.